The lowest BCUT2D eigenvalue weighted by Gasteiger charge is -2.44. The minimum Gasteiger partial charge on any atom is -0.349 e. The number of halogens is 2. The smallest absolute Gasteiger partial charge is 0.349 e. The van der Waals surface area contributed by atoms with Crippen molar-refractivity contribution in [3.63, 3.8) is 0 Å². The van der Waals surface area contributed by atoms with Crippen LogP contribution >= 0.6 is 11.6 Å². The normalized spacial score (nSPS) is 17.2. The molecule has 1 aromatic carbocycles. The SMILES string of the molecule is C=CC(=O)N1CC(C)N(c2nc(=O)n(-c3c(C)cc(C(C)C)nc3C(C)C)c3nc(-c4ccccc4F)c(Cl)cc23)CC1C. The van der Waals surface area contributed by atoms with Gasteiger partial charge in [-0.3, -0.25) is 9.78 Å². The molecule has 5 rings (SSSR count). The summed E-state index contributed by atoms with van der Waals surface area (Å²) in [6.45, 7) is 18.6. The Hall–Kier alpha value is -4.11. The highest BCUT2D eigenvalue weighted by molar-refractivity contribution is 6.33. The van der Waals surface area contributed by atoms with E-state index in [1.165, 1.54) is 16.7 Å². The van der Waals surface area contributed by atoms with Crippen LogP contribution in [0.2, 0.25) is 5.02 Å². The number of aryl methyl sites for hydroxylation is 1. The lowest BCUT2D eigenvalue weighted by atomic mass is 10.00. The summed E-state index contributed by atoms with van der Waals surface area (Å²) in [5, 5.41) is 0.769. The molecule has 1 aliphatic heterocycles. The molecule has 44 heavy (non-hydrogen) atoms. The number of hydrogen-bond donors (Lipinski definition) is 0. The van der Waals surface area contributed by atoms with Crippen LogP contribution in [-0.4, -0.2) is 55.5 Å². The van der Waals surface area contributed by atoms with Crippen LogP contribution in [0, 0.1) is 12.7 Å². The molecule has 0 saturated carbocycles. The second-order valence-corrected chi connectivity index (χ2v) is 12.6. The quantitative estimate of drug-likeness (QED) is 0.222. The first-order valence-corrected chi connectivity index (χ1v) is 15.3. The first-order chi connectivity index (χ1) is 20.8. The fourth-order valence-electron chi connectivity index (χ4n) is 5.92. The van der Waals surface area contributed by atoms with E-state index in [9.17, 15) is 9.59 Å². The third kappa shape index (κ3) is 5.49. The van der Waals surface area contributed by atoms with Crippen LogP contribution in [0.5, 0.6) is 0 Å². The van der Waals surface area contributed by atoms with Crippen molar-refractivity contribution < 1.29 is 9.18 Å². The van der Waals surface area contributed by atoms with Gasteiger partial charge in [0.1, 0.15) is 11.6 Å². The molecule has 0 radical (unpaired) electrons. The predicted octanol–water partition coefficient (Wildman–Crippen LogP) is 6.80. The summed E-state index contributed by atoms with van der Waals surface area (Å²) < 4.78 is 16.6. The molecule has 230 valence electrons. The molecule has 2 unspecified atom stereocenters. The van der Waals surface area contributed by atoms with E-state index in [-0.39, 0.29) is 46.1 Å². The highest BCUT2D eigenvalue weighted by Gasteiger charge is 2.34. The van der Waals surface area contributed by atoms with Crippen LogP contribution in [0.15, 0.2) is 53.8 Å². The van der Waals surface area contributed by atoms with Gasteiger partial charge in [-0.05, 0) is 68.5 Å². The van der Waals surface area contributed by atoms with E-state index in [0.29, 0.717) is 35.6 Å². The minimum atomic E-state index is -0.532. The zero-order valence-electron chi connectivity index (χ0n) is 26.2. The number of rotatable bonds is 6. The molecular weight excluding hydrogens is 579 g/mol. The van der Waals surface area contributed by atoms with Gasteiger partial charge in [-0.25, -0.2) is 18.7 Å². The van der Waals surface area contributed by atoms with Crippen LogP contribution in [0.1, 0.15) is 70.3 Å². The molecule has 1 fully saturated rings. The van der Waals surface area contributed by atoms with E-state index in [1.54, 1.807) is 29.2 Å². The number of piperazine rings is 1. The van der Waals surface area contributed by atoms with Gasteiger partial charge in [-0.15, -0.1) is 0 Å². The van der Waals surface area contributed by atoms with Crippen molar-refractivity contribution >= 4 is 34.4 Å². The molecule has 4 aromatic rings. The third-order valence-electron chi connectivity index (χ3n) is 8.24. The first-order valence-electron chi connectivity index (χ1n) is 14.9. The topological polar surface area (TPSA) is 84.2 Å². The summed E-state index contributed by atoms with van der Waals surface area (Å²) in [5.74, 6) is -0.0358. The van der Waals surface area contributed by atoms with Crippen LogP contribution in [0.4, 0.5) is 10.2 Å². The second kappa shape index (κ2) is 12.1. The van der Waals surface area contributed by atoms with Crippen molar-refractivity contribution in [1.29, 1.82) is 0 Å². The summed E-state index contributed by atoms with van der Waals surface area (Å²) >= 11 is 6.84. The van der Waals surface area contributed by atoms with Gasteiger partial charge >= 0.3 is 5.69 Å². The van der Waals surface area contributed by atoms with Gasteiger partial charge < -0.3 is 9.80 Å². The molecule has 10 heteroatoms. The summed E-state index contributed by atoms with van der Waals surface area (Å²) in [6, 6.07) is 9.65. The Morgan fingerprint density at radius 3 is 2.39 bits per heavy atom. The maximum Gasteiger partial charge on any atom is 0.355 e. The lowest BCUT2D eigenvalue weighted by Crippen LogP contribution is -2.58. The summed E-state index contributed by atoms with van der Waals surface area (Å²) in [7, 11) is 0. The van der Waals surface area contributed by atoms with E-state index in [4.69, 9.17) is 21.6 Å². The van der Waals surface area contributed by atoms with Gasteiger partial charge in [0.05, 0.1) is 27.5 Å². The zero-order chi connectivity index (χ0) is 32.0. The Kier molecular flexibility index (Phi) is 8.62. The maximum absolute atomic E-state index is 15.1. The predicted molar refractivity (Wildman–Crippen MR) is 174 cm³/mol. The molecule has 2 atom stereocenters. The van der Waals surface area contributed by atoms with Crippen LogP contribution in [-0.2, 0) is 4.79 Å². The number of anilines is 1. The van der Waals surface area contributed by atoms with Crippen molar-refractivity contribution in [1.82, 2.24) is 24.4 Å². The van der Waals surface area contributed by atoms with Crippen LogP contribution in [0.25, 0.3) is 28.0 Å². The van der Waals surface area contributed by atoms with Gasteiger partial charge in [0, 0.05) is 36.4 Å². The highest BCUT2D eigenvalue weighted by atomic mass is 35.5. The number of nitrogens with zero attached hydrogens (tertiary/aromatic N) is 6. The molecule has 1 amide bonds. The first kappa shape index (κ1) is 31.3. The van der Waals surface area contributed by atoms with Crippen LogP contribution in [0.3, 0.4) is 0 Å². The van der Waals surface area contributed by atoms with E-state index in [0.717, 1.165) is 17.0 Å². The van der Waals surface area contributed by atoms with Gasteiger partial charge in [-0.2, -0.15) is 4.98 Å². The summed E-state index contributed by atoms with van der Waals surface area (Å²) in [4.78, 5) is 45.1. The fraction of sp³-hybridized carbons (Fsp3) is 0.382. The van der Waals surface area contributed by atoms with Gasteiger partial charge in [0.2, 0.25) is 5.91 Å². The number of amides is 1. The van der Waals surface area contributed by atoms with Crippen molar-refractivity contribution in [3.8, 4) is 16.9 Å². The lowest BCUT2D eigenvalue weighted by molar-refractivity contribution is -0.128. The number of benzene rings is 1. The van der Waals surface area contributed by atoms with Gasteiger partial charge in [0.15, 0.2) is 5.65 Å². The van der Waals surface area contributed by atoms with Crippen molar-refractivity contribution in [2.45, 2.75) is 72.4 Å². The largest absolute Gasteiger partial charge is 0.355 e. The standard InChI is InChI=1S/C34H38ClFN6O2/c1-9-28(43)40-16-22(8)41(17-21(40)7)32-24-15-25(35)30(23-12-10-11-13-26(23)36)38-33(24)42(34(44)39-32)31-20(6)14-27(18(2)3)37-29(31)19(4)5/h9-15,18-19,21-22H,1,16-17H2,2-8H3. The third-order valence-corrected chi connectivity index (χ3v) is 8.53. The number of aromatic nitrogens is 4. The van der Waals surface area contributed by atoms with E-state index in [2.05, 4.69) is 25.4 Å². The molecule has 0 aliphatic carbocycles. The summed E-state index contributed by atoms with van der Waals surface area (Å²) in [5.41, 5.74) is 3.35. The Morgan fingerprint density at radius 1 is 1.05 bits per heavy atom. The number of pyridine rings is 2. The molecule has 4 heterocycles. The molecule has 0 bridgehead atoms. The maximum atomic E-state index is 15.1. The van der Waals surface area contributed by atoms with Crippen molar-refractivity contribution in [2.24, 2.45) is 0 Å². The highest BCUT2D eigenvalue weighted by Crippen LogP contribution is 2.37. The molecule has 3 aromatic heterocycles. The Labute approximate surface area is 262 Å². The molecule has 1 saturated heterocycles. The molecule has 0 N–H and O–H groups in total. The molecule has 8 nitrogen and oxygen atoms in total. The monoisotopic (exact) mass is 616 g/mol. The number of hydrogen-bond acceptors (Lipinski definition) is 6. The second-order valence-electron chi connectivity index (χ2n) is 12.2. The van der Waals surface area contributed by atoms with E-state index < -0.39 is 11.5 Å². The van der Waals surface area contributed by atoms with E-state index >= 15 is 4.39 Å². The average Bonchev–Trinajstić information content (AvgIpc) is 2.97. The Bertz CT molecular complexity index is 1840. The molecule has 1 aliphatic rings. The zero-order valence-corrected chi connectivity index (χ0v) is 27.0. The van der Waals surface area contributed by atoms with Gasteiger partial charge in [0.25, 0.3) is 0 Å². The average molecular weight is 617 g/mol. The number of carbonyl (C=O) groups is 1. The summed E-state index contributed by atoms with van der Waals surface area (Å²) in [6.07, 6.45) is 1.31. The Morgan fingerprint density at radius 2 is 1.75 bits per heavy atom. The Balaban J connectivity index is 1.84. The van der Waals surface area contributed by atoms with Crippen molar-refractivity contribution in [3.05, 3.63) is 87.3 Å². The number of carbonyl (C=O) groups excluding carboxylic acids is 1. The number of fused-ring (bicyclic) bond motifs is 1. The van der Waals surface area contributed by atoms with Crippen molar-refractivity contribution in [2.75, 3.05) is 18.0 Å². The van der Waals surface area contributed by atoms with Crippen LogP contribution < -0.4 is 10.6 Å². The van der Waals surface area contributed by atoms with E-state index in [1.807, 2.05) is 45.6 Å². The fourth-order valence-corrected chi connectivity index (χ4v) is 6.17. The minimum absolute atomic E-state index is 0.0151. The molecular formula is C34H38ClFN6O2. The molecule has 0 spiro atoms. The van der Waals surface area contributed by atoms with Gasteiger partial charge in [-0.1, -0.05) is 58.0 Å².